The second-order valence-electron chi connectivity index (χ2n) is 4.85. The van der Waals surface area contributed by atoms with E-state index in [4.69, 9.17) is 0 Å². The predicted molar refractivity (Wildman–Crippen MR) is 73.4 cm³/mol. The summed E-state index contributed by atoms with van der Waals surface area (Å²) >= 11 is 1.79. The van der Waals surface area contributed by atoms with E-state index in [2.05, 4.69) is 34.4 Å². The van der Waals surface area contributed by atoms with Crippen LogP contribution in [0, 0.1) is 6.92 Å². The maximum absolute atomic E-state index is 4.56. The number of nitrogens with one attached hydrogen (secondary N) is 1. The van der Waals surface area contributed by atoms with Gasteiger partial charge in [-0.25, -0.2) is 4.98 Å². The summed E-state index contributed by atoms with van der Waals surface area (Å²) in [5.74, 6) is 0. The summed E-state index contributed by atoms with van der Waals surface area (Å²) in [5.41, 5.74) is 1.16. The van der Waals surface area contributed by atoms with Gasteiger partial charge in [0.15, 0.2) is 0 Å². The monoisotopic (exact) mass is 253 g/mol. The zero-order valence-electron chi connectivity index (χ0n) is 10.9. The summed E-state index contributed by atoms with van der Waals surface area (Å²) in [6, 6.07) is 0.714. The van der Waals surface area contributed by atoms with Crippen LogP contribution in [-0.2, 0) is 6.54 Å². The molecule has 1 saturated heterocycles. The van der Waals surface area contributed by atoms with Crippen LogP contribution in [0.15, 0.2) is 5.38 Å². The van der Waals surface area contributed by atoms with Crippen LogP contribution in [0.5, 0.6) is 0 Å². The Morgan fingerprint density at radius 2 is 2.47 bits per heavy atom. The zero-order valence-corrected chi connectivity index (χ0v) is 11.7. The van der Waals surface area contributed by atoms with E-state index in [1.165, 1.54) is 30.8 Å². The van der Waals surface area contributed by atoms with Gasteiger partial charge >= 0.3 is 0 Å². The van der Waals surface area contributed by atoms with Crippen LogP contribution >= 0.6 is 11.3 Å². The number of hydrogen-bond donors (Lipinski definition) is 1. The molecule has 1 N–H and O–H groups in total. The SMILES string of the molecule is CCCNCC1CCCN1Cc1nc(C)cs1. The van der Waals surface area contributed by atoms with Gasteiger partial charge in [-0.3, -0.25) is 4.90 Å². The second-order valence-corrected chi connectivity index (χ2v) is 5.80. The Bertz CT molecular complexity index is 337. The van der Waals surface area contributed by atoms with E-state index in [0.29, 0.717) is 6.04 Å². The van der Waals surface area contributed by atoms with Gasteiger partial charge in [-0.05, 0) is 39.3 Å². The molecule has 0 amide bonds. The number of hydrogen-bond acceptors (Lipinski definition) is 4. The highest BCUT2D eigenvalue weighted by Crippen LogP contribution is 2.21. The molecule has 1 aromatic heterocycles. The molecule has 0 saturated carbocycles. The lowest BCUT2D eigenvalue weighted by atomic mass is 10.2. The summed E-state index contributed by atoms with van der Waals surface area (Å²) < 4.78 is 0. The summed E-state index contributed by atoms with van der Waals surface area (Å²) in [4.78, 5) is 7.15. The summed E-state index contributed by atoms with van der Waals surface area (Å²) in [6.45, 7) is 8.84. The molecule has 1 unspecified atom stereocenters. The van der Waals surface area contributed by atoms with Crippen molar-refractivity contribution in [2.45, 2.75) is 45.7 Å². The van der Waals surface area contributed by atoms with E-state index in [1.807, 2.05) is 0 Å². The molecule has 2 rings (SSSR count). The molecule has 0 radical (unpaired) electrons. The third kappa shape index (κ3) is 3.76. The molecule has 2 heterocycles. The smallest absolute Gasteiger partial charge is 0.107 e. The molecule has 17 heavy (non-hydrogen) atoms. The van der Waals surface area contributed by atoms with Crippen molar-refractivity contribution in [1.29, 1.82) is 0 Å². The quantitative estimate of drug-likeness (QED) is 0.789. The third-order valence-corrected chi connectivity index (χ3v) is 4.26. The van der Waals surface area contributed by atoms with Crippen molar-refractivity contribution in [3.05, 3.63) is 16.1 Å². The molecule has 3 nitrogen and oxygen atoms in total. The zero-order chi connectivity index (χ0) is 12.1. The lowest BCUT2D eigenvalue weighted by Gasteiger charge is -2.23. The van der Waals surface area contributed by atoms with Gasteiger partial charge in [0.2, 0.25) is 0 Å². The Labute approximate surface area is 108 Å². The van der Waals surface area contributed by atoms with Crippen molar-refractivity contribution in [3.8, 4) is 0 Å². The van der Waals surface area contributed by atoms with E-state index in [-0.39, 0.29) is 0 Å². The maximum atomic E-state index is 4.56. The lowest BCUT2D eigenvalue weighted by molar-refractivity contribution is 0.239. The van der Waals surface area contributed by atoms with Gasteiger partial charge in [0, 0.05) is 23.7 Å². The van der Waals surface area contributed by atoms with Gasteiger partial charge in [-0.2, -0.15) is 0 Å². The highest BCUT2D eigenvalue weighted by Gasteiger charge is 2.24. The minimum atomic E-state index is 0.714. The minimum Gasteiger partial charge on any atom is -0.315 e. The number of nitrogens with zero attached hydrogens (tertiary/aromatic N) is 2. The number of likely N-dealkylation sites (tertiary alicyclic amines) is 1. The number of rotatable bonds is 6. The highest BCUT2D eigenvalue weighted by molar-refractivity contribution is 7.09. The Hall–Kier alpha value is -0.450. The van der Waals surface area contributed by atoms with Crippen molar-refractivity contribution < 1.29 is 0 Å². The first-order chi connectivity index (χ1) is 8.29. The second kappa shape index (κ2) is 6.47. The van der Waals surface area contributed by atoms with Crippen molar-refractivity contribution in [3.63, 3.8) is 0 Å². The van der Waals surface area contributed by atoms with Crippen LogP contribution in [0.25, 0.3) is 0 Å². The van der Waals surface area contributed by atoms with E-state index >= 15 is 0 Å². The molecule has 96 valence electrons. The van der Waals surface area contributed by atoms with Crippen molar-refractivity contribution in [2.75, 3.05) is 19.6 Å². The Morgan fingerprint density at radius 3 is 3.18 bits per heavy atom. The third-order valence-electron chi connectivity index (χ3n) is 3.31. The number of aromatic nitrogens is 1. The summed E-state index contributed by atoms with van der Waals surface area (Å²) in [7, 11) is 0. The van der Waals surface area contributed by atoms with Crippen molar-refractivity contribution in [1.82, 2.24) is 15.2 Å². The lowest BCUT2D eigenvalue weighted by Crippen LogP contribution is -2.37. The van der Waals surface area contributed by atoms with Gasteiger partial charge in [-0.15, -0.1) is 11.3 Å². The van der Waals surface area contributed by atoms with E-state index in [1.54, 1.807) is 11.3 Å². The van der Waals surface area contributed by atoms with Crippen molar-refractivity contribution in [2.24, 2.45) is 0 Å². The molecule has 4 heteroatoms. The molecule has 1 aliphatic heterocycles. The van der Waals surface area contributed by atoms with Crippen LogP contribution in [0.3, 0.4) is 0 Å². The van der Waals surface area contributed by atoms with Crippen molar-refractivity contribution >= 4 is 11.3 Å². The Balaban J connectivity index is 1.82. The minimum absolute atomic E-state index is 0.714. The molecule has 0 aromatic carbocycles. The molecular weight excluding hydrogens is 230 g/mol. The van der Waals surface area contributed by atoms with Crippen LogP contribution in [-0.4, -0.2) is 35.6 Å². The van der Waals surface area contributed by atoms with Gasteiger partial charge < -0.3 is 5.32 Å². The first-order valence-electron chi connectivity index (χ1n) is 6.65. The molecule has 1 aliphatic rings. The fourth-order valence-corrected chi connectivity index (χ4v) is 3.23. The first kappa shape index (κ1) is 13.0. The van der Waals surface area contributed by atoms with Gasteiger partial charge in [0.25, 0.3) is 0 Å². The van der Waals surface area contributed by atoms with E-state index in [0.717, 1.165) is 25.3 Å². The standard InChI is InChI=1S/C13H23N3S/c1-3-6-14-8-12-5-4-7-16(12)9-13-15-11(2)10-17-13/h10,12,14H,3-9H2,1-2H3. The van der Waals surface area contributed by atoms with E-state index in [9.17, 15) is 0 Å². The Morgan fingerprint density at radius 1 is 1.59 bits per heavy atom. The molecule has 0 spiro atoms. The predicted octanol–water partition coefficient (Wildman–Crippen LogP) is 2.42. The van der Waals surface area contributed by atoms with Crippen LogP contribution in [0.2, 0.25) is 0 Å². The first-order valence-corrected chi connectivity index (χ1v) is 7.53. The van der Waals surface area contributed by atoms with Crippen LogP contribution < -0.4 is 5.32 Å². The maximum Gasteiger partial charge on any atom is 0.107 e. The summed E-state index contributed by atoms with van der Waals surface area (Å²) in [5, 5.41) is 6.96. The highest BCUT2D eigenvalue weighted by atomic mass is 32.1. The molecule has 1 atom stereocenters. The van der Waals surface area contributed by atoms with Crippen LogP contribution in [0.4, 0.5) is 0 Å². The average molecular weight is 253 g/mol. The largest absolute Gasteiger partial charge is 0.315 e. The molecule has 0 aliphatic carbocycles. The Kier molecular flexibility index (Phi) is 4.95. The van der Waals surface area contributed by atoms with Crippen LogP contribution in [0.1, 0.15) is 36.9 Å². The number of thiazole rings is 1. The topological polar surface area (TPSA) is 28.2 Å². The fraction of sp³-hybridized carbons (Fsp3) is 0.769. The van der Waals surface area contributed by atoms with Gasteiger partial charge in [-0.1, -0.05) is 6.92 Å². The normalized spacial score (nSPS) is 21.2. The molecular formula is C13H23N3S. The molecule has 0 bridgehead atoms. The van der Waals surface area contributed by atoms with Gasteiger partial charge in [0.05, 0.1) is 6.54 Å². The molecule has 1 fully saturated rings. The van der Waals surface area contributed by atoms with E-state index < -0.39 is 0 Å². The molecule has 1 aromatic rings. The average Bonchev–Trinajstić information content (AvgIpc) is 2.90. The fourth-order valence-electron chi connectivity index (χ4n) is 2.43. The number of aryl methyl sites for hydroxylation is 1. The van der Waals surface area contributed by atoms with Gasteiger partial charge in [0.1, 0.15) is 5.01 Å². The summed E-state index contributed by atoms with van der Waals surface area (Å²) in [6.07, 6.45) is 3.89.